The number of furan rings is 1. The number of anilines is 1. The second-order valence-electron chi connectivity index (χ2n) is 7.52. The normalized spacial score (nSPS) is 10.9. The Kier molecular flexibility index (Phi) is 6.15. The summed E-state index contributed by atoms with van der Waals surface area (Å²) in [6, 6.07) is 20.5. The number of fused-ring (bicyclic) bond motifs is 1. The molecule has 9 heteroatoms. The molecule has 2 aromatic heterocycles. The Morgan fingerprint density at radius 2 is 1.80 bits per heavy atom. The van der Waals surface area contributed by atoms with E-state index in [0.717, 1.165) is 5.56 Å². The molecule has 1 amide bonds. The van der Waals surface area contributed by atoms with E-state index in [1.165, 1.54) is 13.2 Å². The smallest absolute Gasteiger partial charge is 0.277 e. The first-order valence-electron chi connectivity index (χ1n) is 10.4. The minimum Gasteiger partial charge on any atom is -0.496 e. The van der Waals surface area contributed by atoms with Gasteiger partial charge in [0.15, 0.2) is 17.2 Å². The highest BCUT2D eigenvalue weighted by atomic mass is 79.9. The van der Waals surface area contributed by atoms with Crippen molar-refractivity contribution < 1.29 is 23.3 Å². The highest BCUT2D eigenvalue weighted by molar-refractivity contribution is 9.10. The quantitative estimate of drug-likeness (QED) is 0.228. The molecule has 0 aliphatic rings. The summed E-state index contributed by atoms with van der Waals surface area (Å²) >= 11 is 9.33. The van der Waals surface area contributed by atoms with Crippen molar-refractivity contribution in [2.75, 3.05) is 12.4 Å². The molecule has 7 nitrogen and oxygen atoms in total. The lowest BCUT2D eigenvalue weighted by molar-refractivity contribution is 0.101. The van der Waals surface area contributed by atoms with E-state index in [0.29, 0.717) is 37.5 Å². The SMILES string of the molecule is COc1ccc(C(=O)c2oc3ccccc3c2NC(=O)c2cc(-c3ccc(Cl)cc3)on2)cc1Br. The van der Waals surface area contributed by atoms with Crippen LogP contribution in [-0.2, 0) is 0 Å². The van der Waals surface area contributed by atoms with Crippen molar-refractivity contribution in [2.45, 2.75) is 0 Å². The van der Waals surface area contributed by atoms with E-state index in [1.807, 2.05) is 0 Å². The molecule has 1 N–H and O–H groups in total. The van der Waals surface area contributed by atoms with Crippen LogP contribution in [0.15, 0.2) is 86.2 Å². The molecule has 0 aliphatic heterocycles. The zero-order valence-corrected chi connectivity index (χ0v) is 20.5. The van der Waals surface area contributed by atoms with Crippen LogP contribution in [0.5, 0.6) is 5.75 Å². The van der Waals surface area contributed by atoms with E-state index >= 15 is 0 Å². The first-order chi connectivity index (χ1) is 16.9. The van der Waals surface area contributed by atoms with Crippen LogP contribution in [-0.4, -0.2) is 24.0 Å². The van der Waals surface area contributed by atoms with E-state index in [2.05, 4.69) is 26.4 Å². The van der Waals surface area contributed by atoms with Gasteiger partial charge in [-0.15, -0.1) is 0 Å². The number of ether oxygens (including phenoxy) is 1. The molecule has 0 bridgehead atoms. The van der Waals surface area contributed by atoms with Crippen molar-refractivity contribution in [3.63, 3.8) is 0 Å². The molecule has 2 heterocycles. The van der Waals surface area contributed by atoms with Crippen LogP contribution in [0, 0.1) is 0 Å². The number of ketones is 1. The van der Waals surface area contributed by atoms with Gasteiger partial charge in [-0.25, -0.2) is 0 Å². The number of hydrogen-bond donors (Lipinski definition) is 1. The first kappa shape index (κ1) is 22.9. The zero-order chi connectivity index (χ0) is 24.5. The fourth-order valence-corrected chi connectivity index (χ4v) is 4.24. The summed E-state index contributed by atoms with van der Waals surface area (Å²) in [6.07, 6.45) is 0. The van der Waals surface area contributed by atoms with E-state index in [-0.39, 0.29) is 17.1 Å². The molecule has 5 aromatic rings. The predicted octanol–water partition coefficient (Wildman–Crippen LogP) is 7.00. The lowest BCUT2D eigenvalue weighted by Crippen LogP contribution is -2.14. The van der Waals surface area contributed by atoms with Gasteiger partial charge < -0.3 is 19.0 Å². The summed E-state index contributed by atoms with van der Waals surface area (Å²) in [7, 11) is 1.54. The third kappa shape index (κ3) is 4.45. The van der Waals surface area contributed by atoms with Gasteiger partial charge in [-0.3, -0.25) is 9.59 Å². The summed E-state index contributed by atoms with van der Waals surface area (Å²) in [5.74, 6) is 0.0378. The van der Waals surface area contributed by atoms with Crippen molar-refractivity contribution >= 4 is 55.9 Å². The second kappa shape index (κ2) is 9.40. The number of hydrogen-bond acceptors (Lipinski definition) is 6. The summed E-state index contributed by atoms with van der Waals surface area (Å²) in [5.41, 5.74) is 1.83. The Morgan fingerprint density at radius 3 is 2.54 bits per heavy atom. The van der Waals surface area contributed by atoms with Crippen LogP contribution < -0.4 is 10.1 Å². The average Bonchev–Trinajstić information content (AvgIpc) is 3.50. The van der Waals surface area contributed by atoms with E-state index in [4.69, 9.17) is 25.3 Å². The Bertz CT molecular complexity index is 1570. The highest BCUT2D eigenvalue weighted by Crippen LogP contribution is 2.34. The number of aromatic nitrogens is 1. The number of carbonyl (C=O) groups excluding carboxylic acids is 2. The monoisotopic (exact) mass is 550 g/mol. The molecular weight excluding hydrogens is 536 g/mol. The van der Waals surface area contributed by atoms with Crippen LogP contribution in [0.25, 0.3) is 22.3 Å². The number of nitrogens with one attached hydrogen (secondary N) is 1. The molecule has 174 valence electrons. The molecule has 0 fully saturated rings. The number of methoxy groups -OCH3 is 1. The Morgan fingerprint density at radius 1 is 1.03 bits per heavy atom. The fourth-order valence-electron chi connectivity index (χ4n) is 3.58. The summed E-state index contributed by atoms with van der Waals surface area (Å²) in [4.78, 5) is 26.4. The number of halogens is 2. The minimum absolute atomic E-state index is 0.00182. The van der Waals surface area contributed by atoms with Crippen molar-refractivity contribution in [3.8, 4) is 17.1 Å². The van der Waals surface area contributed by atoms with Gasteiger partial charge in [-0.2, -0.15) is 0 Å². The van der Waals surface area contributed by atoms with Gasteiger partial charge in [0.25, 0.3) is 5.91 Å². The zero-order valence-electron chi connectivity index (χ0n) is 18.2. The Hall–Kier alpha value is -3.88. The van der Waals surface area contributed by atoms with Crippen molar-refractivity contribution in [3.05, 3.63) is 99.3 Å². The van der Waals surface area contributed by atoms with Gasteiger partial charge in [-0.1, -0.05) is 28.9 Å². The Labute approximate surface area is 212 Å². The number of nitrogens with zero attached hydrogens (tertiary/aromatic N) is 1. The number of carbonyl (C=O) groups is 2. The van der Waals surface area contributed by atoms with Gasteiger partial charge in [0.05, 0.1) is 17.3 Å². The molecule has 3 aromatic carbocycles. The molecule has 0 aliphatic carbocycles. The van der Waals surface area contributed by atoms with Crippen LogP contribution in [0.2, 0.25) is 5.02 Å². The standard InChI is InChI=1S/C26H16BrClN2O5/c1-33-21-11-8-15(12-18(21)27)24(31)25-23(17-4-2-3-5-20(17)34-25)29-26(32)19-13-22(35-30-19)14-6-9-16(28)10-7-14/h2-13H,1H3,(H,29,32). The molecule has 0 saturated carbocycles. The van der Waals surface area contributed by atoms with Crippen LogP contribution >= 0.6 is 27.5 Å². The molecule has 35 heavy (non-hydrogen) atoms. The van der Waals surface area contributed by atoms with Gasteiger partial charge in [0, 0.05) is 27.6 Å². The lowest BCUT2D eigenvalue weighted by Gasteiger charge is -2.07. The largest absolute Gasteiger partial charge is 0.496 e. The summed E-state index contributed by atoms with van der Waals surface area (Å²) in [5, 5.41) is 7.83. The maximum atomic E-state index is 13.4. The van der Waals surface area contributed by atoms with Crippen LogP contribution in [0.4, 0.5) is 5.69 Å². The molecule has 0 atom stereocenters. The van der Waals surface area contributed by atoms with E-state index in [1.54, 1.807) is 66.7 Å². The van der Waals surface area contributed by atoms with Gasteiger partial charge in [0.2, 0.25) is 5.78 Å². The second-order valence-corrected chi connectivity index (χ2v) is 8.81. The first-order valence-corrected chi connectivity index (χ1v) is 11.6. The van der Waals surface area contributed by atoms with Crippen molar-refractivity contribution in [1.82, 2.24) is 5.16 Å². The predicted molar refractivity (Wildman–Crippen MR) is 135 cm³/mol. The topological polar surface area (TPSA) is 94.6 Å². The fraction of sp³-hybridized carbons (Fsp3) is 0.0385. The molecular formula is C26H16BrClN2O5. The highest BCUT2D eigenvalue weighted by Gasteiger charge is 2.25. The van der Waals surface area contributed by atoms with Crippen LogP contribution in [0.1, 0.15) is 26.6 Å². The van der Waals surface area contributed by atoms with Gasteiger partial charge in [0.1, 0.15) is 11.3 Å². The van der Waals surface area contributed by atoms with Gasteiger partial charge in [-0.05, 0) is 70.5 Å². The summed E-state index contributed by atoms with van der Waals surface area (Å²) < 4.78 is 17.1. The molecule has 0 unspecified atom stereocenters. The molecule has 0 radical (unpaired) electrons. The molecule has 5 rings (SSSR count). The molecule has 0 saturated heterocycles. The Balaban J connectivity index is 1.49. The maximum absolute atomic E-state index is 13.4. The maximum Gasteiger partial charge on any atom is 0.277 e. The summed E-state index contributed by atoms with van der Waals surface area (Å²) in [6.45, 7) is 0. The van der Waals surface area contributed by atoms with Crippen LogP contribution in [0.3, 0.4) is 0 Å². The number of amides is 1. The van der Waals surface area contributed by atoms with E-state index < -0.39 is 11.7 Å². The number of rotatable bonds is 6. The number of para-hydroxylation sites is 1. The third-order valence-electron chi connectivity index (χ3n) is 5.33. The average molecular weight is 552 g/mol. The third-order valence-corrected chi connectivity index (χ3v) is 6.20. The van der Waals surface area contributed by atoms with Crippen molar-refractivity contribution in [1.29, 1.82) is 0 Å². The van der Waals surface area contributed by atoms with Crippen molar-refractivity contribution in [2.24, 2.45) is 0 Å². The molecule has 0 spiro atoms. The van der Waals surface area contributed by atoms with E-state index in [9.17, 15) is 9.59 Å². The number of benzene rings is 3. The lowest BCUT2D eigenvalue weighted by atomic mass is 10.1. The van der Waals surface area contributed by atoms with Gasteiger partial charge >= 0.3 is 0 Å². The minimum atomic E-state index is -0.550.